The number of carbonyl (C=O) groups excluding carboxylic acids is 2. The second-order valence-corrected chi connectivity index (χ2v) is 6.71. The monoisotopic (exact) mass is 366 g/mol. The Bertz CT molecular complexity index is 794. The van der Waals surface area contributed by atoms with Crippen LogP contribution >= 0.6 is 0 Å². The van der Waals surface area contributed by atoms with Crippen LogP contribution in [0.1, 0.15) is 18.9 Å². The van der Waals surface area contributed by atoms with Crippen molar-refractivity contribution in [3.05, 3.63) is 60.2 Å². The standard InChI is InChI=1S/C21H26N4O2/c1-16-14-25(20(26)12-13-23-21(27)22-2)19-11-7-6-10-18(19)24(16)15-17-8-4-3-5-9-17/h3-11,16H,12-15H2,1-2H3,(H2,22,23,27). The Morgan fingerprint density at radius 2 is 1.70 bits per heavy atom. The molecule has 1 atom stereocenters. The molecule has 0 fully saturated rings. The summed E-state index contributed by atoms with van der Waals surface area (Å²) in [5.41, 5.74) is 3.23. The van der Waals surface area contributed by atoms with Crippen molar-refractivity contribution in [2.45, 2.75) is 25.9 Å². The van der Waals surface area contributed by atoms with Gasteiger partial charge in [-0.3, -0.25) is 4.79 Å². The SMILES string of the molecule is CNC(=O)NCCC(=O)N1CC(C)N(Cc2ccccc2)c2ccccc21. The number of benzene rings is 2. The molecule has 2 aromatic rings. The summed E-state index contributed by atoms with van der Waals surface area (Å²) < 4.78 is 0. The molecule has 0 aliphatic carbocycles. The zero-order valence-corrected chi connectivity index (χ0v) is 15.8. The number of hydrogen-bond acceptors (Lipinski definition) is 3. The van der Waals surface area contributed by atoms with Gasteiger partial charge < -0.3 is 20.4 Å². The molecule has 0 saturated carbocycles. The minimum atomic E-state index is -0.274. The third kappa shape index (κ3) is 4.39. The molecule has 0 aromatic heterocycles. The highest BCUT2D eigenvalue weighted by atomic mass is 16.2. The average Bonchev–Trinajstić information content (AvgIpc) is 2.70. The summed E-state index contributed by atoms with van der Waals surface area (Å²) in [7, 11) is 1.56. The molecule has 6 nitrogen and oxygen atoms in total. The summed E-state index contributed by atoms with van der Waals surface area (Å²) in [6.45, 7) is 3.89. The first-order chi connectivity index (χ1) is 13.1. The Morgan fingerprint density at radius 3 is 2.41 bits per heavy atom. The summed E-state index contributed by atoms with van der Waals surface area (Å²) in [5, 5.41) is 5.16. The fourth-order valence-corrected chi connectivity index (χ4v) is 3.40. The normalized spacial score (nSPS) is 15.9. The lowest BCUT2D eigenvalue weighted by Gasteiger charge is -2.42. The van der Waals surface area contributed by atoms with Gasteiger partial charge >= 0.3 is 6.03 Å². The van der Waals surface area contributed by atoms with Gasteiger partial charge in [0.1, 0.15) is 0 Å². The number of urea groups is 1. The lowest BCUT2D eigenvalue weighted by molar-refractivity contribution is -0.118. The molecule has 3 amide bonds. The summed E-state index contributed by atoms with van der Waals surface area (Å²) >= 11 is 0. The number of nitrogens with one attached hydrogen (secondary N) is 2. The van der Waals surface area contributed by atoms with Gasteiger partial charge in [-0.15, -0.1) is 0 Å². The summed E-state index contributed by atoms with van der Waals surface area (Å²) in [4.78, 5) is 28.2. The second kappa shape index (κ2) is 8.58. The van der Waals surface area contributed by atoms with Gasteiger partial charge in [0.2, 0.25) is 5.91 Å². The third-order valence-electron chi connectivity index (χ3n) is 4.81. The van der Waals surface area contributed by atoms with Crippen molar-refractivity contribution in [1.82, 2.24) is 10.6 Å². The number of para-hydroxylation sites is 2. The van der Waals surface area contributed by atoms with Crippen LogP contribution in [0.5, 0.6) is 0 Å². The molecule has 1 unspecified atom stereocenters. The number of anilines is 2. The topological polar surface area (TPSA) is 64.7 Å². The van der Waals surface area contributed by atoms with Gasteiger partial charge in [-0.25, -0.2) is 4.79 Å². The van der Waals surface area contributed by atoms with Crippen LogP contribution in [0.2, 0.25) is 0 Å². The van der Waals surface area contributed by atoms with Crippen molar-refractivity contribution in [3.63, 3.8) is 0 Å². The van der Waals surface area contributed by atoms with Crippen LogP contribution in [0.25, 0.3) is 0 Å². The molecule has 1 aliphatic heterocycles. The van der Waals surface area contributed by atoms with Gasteiger partial charge in [-0.05, 0) is 24.6 Å². The molecule has 0 bridgehead atoms. The van der Waals surface area contributed by atoms with Crippen LogP contribution in [-0.4, -0.2) is 38.1 Å². The number of nitrogens with zero attached hydrogens (tertiary/aromatic N) is 2. The highest BCUT2D eigenvalue weighted by Crippen LogP contribution is 2.36. The van der Waals surface area contributed by atoms with E-state index in [0.29, 0.717) is 13.1 Å². The molecule has 6 heteroatoms. The van der Waals surface area contributed by atoms with E-state index in [4.69, 9.17) is 0 Å². The van der Waals surface area contributed by atoms with Crippen molar-refractivity contribution in [3.8, 4) is 0 Å². The predicted molar refractivity (Wildman–Crippen MR) is 108 cm³/mol. The maximum absolute atomic E-state index is 12.8. The second-order valence-electron chi connectivity index (χ2n) is 6.71. The molecule has 3 rings (SSSR count). The van der Waals surface area contributed by atoms with E-state index in [1.165, 1.54) is 5.56 Å². The van der Waals surface area contributed by atoms with Crippen molar-refractivity contribution >= 4 is 23.3 Å². The molecule has 1 heterocycles. The van der Waals surface area contributed by atoms with E-state index in [2.05, 4.69) is 40.7 Å². The van der Waals surface area contributed by atoms with Crippen molar-refractivity contribution in [2.75, 3.05) is 29.9 Å². The molecule has 27 heavy (non-hydrogen) atoms. The van der Waals surface area contributed by atoms with E-state index in [-0.39, 0.29) is 24.4 Å². The summed E-state index contributed by atoms with van der Waals surface area (Å²) in [6.07, 6.45) is 0.271. The summed E-state index contributed by atoms with van der Waals surface area (Å²) in [6, 6.07) is 18.3. The summed E-state index contributed by atoms with van der Waals surface area (Å²) in [5.74, 6) is 0.0186. The first-order valence-electron chi connectivity index (χ1n) is 9.25. The van der Waals surface area contributed by atoms with Crippen LogP contribution in [0.4, 0.5) is 16.2 Å². The van der Waals surface area contributed by atoms with Crippen LogP contribution in [0.3, 0.4) is 0 Å². The zero-order chi connectivity index (χ0) is 19.2. The Kier molecular flexibility index (Phi) is 5.96. The van der Waals surface area contributed by atoms with E-state index in [1.807, 2.05) is 41.3 Å². The highest BCUT2D eigenvalue weighted by molar-refractivity contribution is 5.98. The maximum Gasteiger partial charge on any atom is 0.314 e. The van der Waals surface area contributed by atoms with E-state index in [1.54, 1.807) is 7.05 Å². The molecule has 0 radical (unpaired) electrons. The Morgan fingerprint density at radius 1 is 1.04 bits per heavy atom. The Balaban J connectivity index is 1.77. The predicted octanol–water partition coefficient (Wildman–Crippen LogP) is 2.75. The largest absolute Gasteiger partial charge is 0.361 e. The van der Waals surface area contributed by atoms with Gasteiger partial charge in [-0.1, -0.05) is 42.5 Å². The molecule has 0 saturated heterocycles. The molecule has 2 N–H and O–H groups in total. The first kappa shape index (κ1) is 18.8. The average molecular weight is 366 g/mol. The minimum absolute atomic E-state index is 0.0186. The van der Waals surface area contributed by atoms with Crippen LogP contribution in [0, 0.1) is 0 Å². The van der Waals surface area contributed by atoms with Gasteiger partial charge in [0.25, 0.3) is 0 Å². The van der Waals surface area contributed by atoms with E-state index in [0.717, 1.165) is 17.9 Å². The zero-order valence-electron chi connectivity index (χ0n) is 15.8. The van der Waals surface area contributed by atoms with E-state index in [9.17, 15) is 9.59 Å². The van der Waals surface area contributed by atoms with Gasteiger partial charge in [0.15, 0.2) is 0 Å². The van der Waals surface area contributed by atoms with E-state index < -0.39 is 0 Å². The van der Waals surface area contributed by atoms with Crippen molar-refractivity contribution in [1.29, 1.82) is 0 Å². The van der Waals surface area contributed by atoms with Gasteiger partial charge in [0, 0.05) is 39.1 Å². The highest BCUT2D eigenvalue weighted by Gasteiger charge is 2.30. The molecule has 2 aromatic carbocycles. The molecule has 142 valence electrons. The van der Waals surface area contributed by atoms with Crippen LogP contribution in [0.15, 0.2) is 54.6 Å². The smallest absolute Gasteiger partial charge is 0.314 e. The fourth-order valence-electron chi connectivity index (χ4n) is 3.40. The van der Waals surface area contributed by atoms with Crippen molar-refractivity contribution < 1.29 is 9.59 Å². The van der Waals surface area contributed by atoms with Gasteiger partial charge in [-0.2, -0.15) is 0 Å². The number of fused-ring (bicyclic) bond motifs is 1. The number of hydrogen-bond donors (Lipinski definition) is 2. The third-order valence-corrected chi connectivity index (χ3v) is 4.81. The van der Waals surface area contributed by atoms with E-state index >= 15 is 0 Å². The Hall–Kier alpha value is -3.02. The van der Waals surface area contributed by atoms with Crippen LogP contribution in [-0.2, 0) is 11.3 Å². The number of rotatable bonds is 5. The van der Waals surface area contributed by atoms with Crippen molar-refractivity contribution in [2.24, 2.45) is 0 Å². The lowest BCUT2D eigenvalue weighted by Crippen LogP contribution is -2.50. The van der Waals surface area contributed by atoms with Gasteiger partial charge in [0.05, 0.1) is 11.4 Å². The minimum Gasteiger partial charge on any atom is -0.361 e. The quantitative estimate of drug-likeness (QED) is 0.855. The molecular formula is C21H26N4O2. The lowest BCUT2D eigenvalue weighted by atomic mass is 10.1. The molecular weight excluding hydrogens is 340 g/mol. The number of carbonyl (C=O) groups is 2. The first-order valence-corrected chi connectivity index (χ1v) is 9.25. The Labute approximate surface area is 160 Å². The number of amides is 3. The fraction of sp³-hybridized carbons (Fsp3) is 0.333. The molecule has 1 aliphatic rings. The van der Waals surface area contributed by atoms with Crippen LogP contribution < -0.4 is 20.4 Å². The molecule has 0 spiro atoms. The maximum atomic E-state index is 12.8.